The van der Waals surface area contributed by atoms with Gasteiger partial charge in [-0.25, -0.2) is 24.9 Å². The summed E-state index contributed by atoms with van der Waals surface area (Å²) >= 11 is 0. The van der Waals surface area contributed by atoms with Crippen LogP contribution >= 0.6 is 0 Å². The molecule has 21 aromatic rings. The molecular weight excluding hydrogens is 1480 g/mol. The summed E-state index contributed by atoms with van der Waals surface area (Å²) in [6.45, 7) is 0. The van der Waals surface area contributed by atoms with Crippen molar-refractivity contribution < 1.29 is 30.1 Å². The number of aromatic nitrogens is 10. The van der Waals surface area contributed by atoms with E-state index in [1.54, 1.807) is 30.6 Å². The van der Waals surface area contributed by atoms with Gasteiger partial charge in [0, 0.05) is 95.2 Å². The predicted molar refractivity (Wildman–Crippen MR) is 485 cm³/mol. The van der Waals surface area contributed by atoms with Crippen molar-refractivity contribution in [3.05, 3.63) is 395 Å². The lowest BCUT2D eigenvalue weighted by Gasteiger charge is -2.12. The summed E-state index contributed by atoms with van der Waals surface area (Å²) in [5.41, 5.74) is 24.7. The Bertz CT molecular complexity index is 6430. The van der Waals surface area contributed by atoms with Gasteiger partial charge in [0.2, 0.25) is 0 Å². The third-order valence-corrected chi connectivity index (χ3v) is 21.7. The van der Waals surface area contributed by atoms with Crippen molar-refractivity contribution in [2.75, 3.05) is 0 Å². The molecule has 120 heavy (non-hydrogen) atoms. The Morgan fingerprint density at radius 1 is 0.192 bits per heavy atom. The standard InChI is InChI=1S/2C34H24BN3O2.C33H23BN4O2/c39-35(40)28-15-9-17-32-33(28)27-14-7-8-16-31(27)38(32)26-20-18-24(19-21-26)30-22-29(23-10-3-1-4-11-23)36-34(37-30)25-12-5-2-6-13-25;39-35(40)28-15-9-17-32-33(28)27-14-7-8-16-31(27)38(32)26-20-18-25(19-21-26)34-36-29(23-10-3-1-4-11-23)22-30(37-34)24-12-5-2-6-13-24;39-34(40)26-9-7-13-32-33(26)25-8-1-2-12-31(25)38(32)24-16-14-22(15-17-24)23-20-29(27-10-3-5-18-35-27)37-30(21-23)28-11-4-6-19-36-28/h2*1-22,39-40H;1-21,39-40H. The number of nitrogens with zero attached hydrogens (tertiary/aromatic N) is 10. The van der Waals surface area contributed by atoms with Crippen molar-refractivity contribution in [3.8, 4) is 119 Å². The fourth-order valence-corrected chi connectivity index (χ4v) is 16.1. The lowest BCUT2D eigenvalue weighted by Crippen LogP contribution is -2.30. The van der Waals surface area contributed by atoms with Crippen LogP contribution < -0.4 is 16.4 Å². The van der Waals surface area contributed by atoms with Crippen LogP contribution in [0, 0.1) is 0 Å². The first kappa shape index (κ1) is 74.9. The molecule has 0 saturated heterocycles. The zero-order chi connectivity index (χ0) is 81.2. The van der Waals surface area contributed by atoms with E-state index >= 15 is 0 Å². The molecular formula is C101H71B3N10O6. The van der Waals surface area contributed by atoms with Gasteiger partial charge in [-0.2, -0.15) is 0 Å². The second-order valence-electron chi connectivity index (χ2n) is 29.0. The van der Waals surface area contributed by atoms with Crippen molar-refractivity contribution in [2.24, 2.45) is 0 Å². The van der Waals surface area contributed by atoms with E-state index in [0.29, 0.717) is 28.0 Å². The molecule has 6 N–H and O–H groups in total. The molecule has 16 nitrogen and oxygen atoms in total. The summed E-state index contributed by atoms with van der Waals surface area (Å²) in [5.74, 6) is 1.33. The highest BCUT2D eigenvalue weighted by molar-refractivity contribution is 6.64. The Hall–Kier alpha value is -15.2. The molecule has 0 spiro atoms. The fourth-order valence-electron chi connectivity index (χ4n) is 16.1. The maximum Gasteiger partial charge on any atom is 0.489 e. The molecule has 0 amide bonds. The van der Waals surface area contributed by atoms with Gasteiger partial charge in [-0.05, 0) is 161 Å². The quantitative estimate of drug-likeness (QED) is 0.0526. The van der Waals surface area contributed by atoms with Crippen LogP contribution in [0.2, 0.25) is 0 Å². The van der Waals surface area contributed by atoms with E-state index in [2.05, 4.69) is 151 Å². The second kappa shape index (κ2) is 32.8. The van der Waals surface area contributed by atoms with Crippen LogP contribution in [0.15, 0.2) is 395 Å². The summed E-state index contributed by atoms with van der Waals surface area (Å²) in [7, 11) is -4.67. The third-order valence-electron chi connectivity index (χ3n) is 21.7. The summed E-state index contributed by atoms with van der Waals surface area (Å²) < 4.78 is 6.47. The van der Waals surface area contributed by atoms with Gasteiger partial charge < -0.3 is 43.8 Å². The molecule has 0 aliphatic heterocycles. The summed E-state index contributed by atoms with van der Waals surface area (Å²) in [6, 6.07) is 126. The minimum Gasteiger partial charge on any atom is -0.423 e. The second-order valence-corrected chi connectivity index (χ2v) is 29.0. The molecule has 0 aliphatic carbocycles. The maximum atomic E-state index is 10.1. The molecule has 570 valence electrons. The van der Waals surface area contributed by atoms with Crippen LogP contribution in [0.1, 0.15) is 0 Å². The number of rotatable bonds is 15. The molecule has 0 aliphatic rings. The van der Waals surface area contributed by atoms with Crippen molar-refractivity contribution in [2.45, 2.75) is 0 Å². The van der Waals surface area contributed by atoms with Crippen LogP contribution in [0.3, 0.4) is 0 Å². The molecule has 0 bridgehead atoms. The lowest BCUT2D eigenvalue weighted by atomic mass is 9.77. The number of hydrogen-bond donors (Lipinski definition) is 6. The highest BCUT2D eigenvalue weighted by Gasteiger charge is 2.26. The van der Waals surface area contributed by atoms with Gasteiger partial charge in [0.05, 0.1) is 78.7 Å². The van der Waals surface area contributed by atoms with Crippen molar-refractivity contribution in [1.29, 1.82) is 0 Å². The van der Waals surface area contributed by atoms with Gasteiger partial charge in [-0.15, -0.1) is 0 Å². The van der Waals surface area contributed by atoms with E-state index in [9.17, 15) is 30.1 Å². The monoisotopic (exact) mass is 1550 g/mol. The largest absolute Gasteiger partial charge is 0.489 e. The molecule has 0 radical (unpaired) electrons. The summed E-state index contributed by atoms with van der Waals surface area (Å²) in [4.78, 5) is 33.7. The molecule has 8 aromatic heterocycles. The topological polar surface area (TPSA) is 226 Å². The van der Waals surface area contributed by atoms with Gasteiger partial charge in [0.25, 0.3) is 0 Å². The fraction of sp³-hybridized carbons (Fsp3) is 0. The molecule has 0 unspecified atom stereocenters. The average Bonchev–Trinajstić information content (AvgIpc) is 1.59. The molecule has 8 heterocycles. The van der Waals surface area contributed by atoms with Crippen LogP contribution in [0.25, 0.3) is 184 Å². The summed E-state index contributed by atoms with van der Waals surface area (Å²) in [6.07, 6.45) is 3.54. The van der Waals surface area contributed by atoms with E-state index in [-0.39, 0.29) is 0 Å². The zero-order valence-electron chi connectivity index (χ0n) is 64.4. The first-order valence-electron chi connectivity index (χ1n) is 39.3. The Morgan fingerprint density at radius 3 is 0.792 bits per heavy atom. The molecule has 0 atom stereocenters. The van der Waals surface area contributed by atoms with Crippen LogP contribution in [-0.2, 0) is 0 Å². The van der Waals surface area contributed by atoms with Crippen molar-refractivity contribution in [3.63, 3.8) is 0 Å². The summed E-state index contributed by atoms with van der Waals surface area (Å²) in [5, 5.41) is 65.8. The van der Waals surface area contributed by atoms with Gasteiger partial charge in [0.15, 0.2) is 11.6 Å². The highest BCUT2D eigenvalue weighted by Crippen LogP contribution is 2.39. The van der Waals surface area contributed by atoms with Gasteiger partial charge in [-0.1, -0.05) is 249 Å². The minimum atomic E-state index is -1.56. The Kier molecular flexibility index (Phi) is 20.5. The molecule has 19 heteroatoms. The Morgan fingerprint density at radius 2 is 0.467 bits per heavy atom. The first-order valence-corrected chi connectivity index (χ1v) is 39.3. The predicted octanol–water partition coefficient (Wildman–Crippen LogP) is 18.2. The molecule has 21 rings (SSSR count). The van der Waals surface area contributed by atoms with Gasteiger partial charge >= 0.3 is 21.4 Å². The first-order chi connectivity index (χ1) is 59.0. The average molecular weight is 1550 g/mol. The van der Waals surface area contributed by atoms with Crippen LogP contribution in [0.5, 0.6) is 0 Å². The maximum absolute atomic E-state index is 10.1. The number of pyridine rings is 3. The Balaban J connectivity index is 0.000000119. The van der Waals surface area contributed by atoms with E-state index in [1.807, 2.05) is 237 Å². The number of benzene rings is 13. The van der Waals surface area contributed by atoms with Crippen molar-refractivity contribution >= 4 is 103 Å². The third kappa shape index (κ3) is 14.6. The van der Waals surface area contributed by atoms with Crippen molar-refractivity contribution in [1.82, 2.24) is 48.6 Å². The molecule has 0 saturated carbocycles. The smallest absolute Gasteiger partial charge is 0.423 e. The normalized spacial score (nSPS) is 11.2. The van der Waals surface area contributed by atoms with Gasteiger partial charge in [-0.3, -0.25) is 9.97 Å². The van der Waals surface area contributed by atoms with Crippen LogP contribution in [-0.4, -0.2) is 100 Å². The molecule has 13 aromatic carbocycles. The van der Waals surface area contributed by atoms with E-state index in [4.69, 9.17) is 24.9 Å². The Labute approximate surface area is 691 Å². The number of hydrogen-bond acceptors (Lipinski definition) is 13. The molecule has 0 fully saturated rings. The number of para-hydroxylation sites is 3. The SMILES string of the molecule is OB(O)c1cccc2c1c1ccccc1n2-c1ccc(-c2cc(-c3ccccc3)nc(-c3ccccc3)n2)cc1.OB(O)c1cccc2c1c1ccccc1n2-c1ccc(-c2cc(-c3ccccn3)nc(-c3ccccn3)c2)cc1.OB(O)c1cccc2c1c1ccccc1n2-c1ccc(-c2nc(-c3ccccc3)cc(-c3ccccc3)n2)cc1. The lowest BCUT2D eigenvalue weighted by molar-refractivity contribution is 0.425. The zero-order valence-corrected chi connectivity index (χ0v) is 64.4. The van der Waals surface area contributed by atoms with Crippen LogP contribution in [0.4, 0.5) is 0 Å². The van der Waals surface area contributed by atoms with Gasteiger partial charge in [0.1, 0.15) is 0 Å². The minimum absolute atomic E-state index is 0.489. The van der Waals surface area contributed by atoms with E-state index in [1.165, 1.54) is 0 Å². The van der Waals surface area contributed by atoms with E-state index in [0.717, 1.165) is 173 Å². The van der Waals surface area contributed by atoms with E-state index < -0.39 is 21.4 Å². The number of fused-ring (bicyclic) bond motifs is 9. The highest BCUT2D eigenvalue weighted by atomic mass is 16.4.